The molecule has 3 aromatic rings. The van der Waals surface area contributed by atoms with Crippen LogP contribution < -0.4 is 10.2 Å². The molecule has 132 valence electrons. The SMILES string of the molecule is Cc1ccccc1NC(=O)[C@@H]1CCCN(c2cnc3ccccc3n2)C1. The van der Waals surface area contributed by atoms with Gasteiger partial charge in [-0.25, -0.2) is 4.98 Å². The molecule has 0 bridgehead atoms. The largest absolute Gasteiger partial charge is 0.355 e. The Balaban J connectivity index is 1.49. The number of hydrogen-bond acceptors (Lipinski definition) is 4. The van der Waals surface area contributed by atoms with Crippen LogP contribution in [0.1, 0.15) is 18.4 Å². The lowest BCUT2D eigenvalue weighted by molar-refractivity contribution is -0.120. The van der Waals surface area contributed by atoms with Crippen LogP contribution in [0.5, 0.6) is 0 Å². The van der Waals surface area contributed by atoms with E-state index in [1.165, 1.54) is 0 Å². The number of carbonyl (C=O) groups is 1. The number of hydrogen-bond donors (Lipinski definition) is 1. The van der Waals surface area contributed by atoms with Gasteiger partial charge >= 0.3 is 0 Å². The fraction of sp³-hybridized carbons (Fsp3) is 0.286. The Labute approximate surface area is 153 Å². The second kappa shape index (κ2) is 7.12. The zero-order valence-electron chi connectivity index (χ0n) is 14.9. The van der Waals surface area contributed by atoms with Gasteiger partial charge in [0.1, 0.15) is 5.82 Å². The number of nitrogens with one attached hydrogen (secondary N) is 1. The smallest absolute Gasteiger partial charge is 0.229 e. The second-order valence-corrected chi connectivity index (χ2v) is 6.81. The number of piperidine rings is 1. The normalized spacial score (nSPS) is 17.3. The van der Waals surface area contributed by atoms with E-state index < -0.39 is 0 Å². The number of aryl methyl sites for hydroxylation is 1. The molecule has 0 spiro atoms. The zero-order chi connectivity index (χ0) is 17.9. The van der Waals surface area contributed by atoms with E-state index in [9.17, 15) is 4.79 Å². The molecule has 1 atom stereocenters. The van der Waals surface area contributed by atoms with Gasteiger partial charge in [0.05, 0.1) is 23.1 Å². The van der Waals surface area contributed by atoms with Crippen LogP contribution in [0.25, 0.3) is 11.0 Å². The van der Waals surface area contributed by atoms with Gasteiger partial charge in [0.2, 0.25) is 5.91 Å². The van der Waals surface area contributed by atoms with Crippen molar-refractivity contribution in [1.82, 2.24) is 9.97 Å². The first kappa shape index (κ1) is 16.5. The first-order chi connectivity index (χ1) is 12.7. The molecule has 0 saturated carbocycles. The van der Waals surface area contributed by atoms with E-state index in [2.05, 4.69) is 15.2 Å². The van der Waals surface area contributed by atoms with Crippen LogP contribution in [0.4, 0.5) is 11.5 Å². The summed E-state index contributed by atoms with van der Waals surface area (Å²) in [6.07, 6.45) is 3.68. The maximum atomic E-state index is 12.7. The minimum atomic E-state index is -0.0448. The van der Waals surface area contributed by atoms with Crippen molar-refractivity contribution < 1.29 is 4.79 Å². The lowest BCUT2D eigenvalue weighted by Gasteiger charge is -2.32. The number of nitrogens with zero attached hydrogens (tertiary/aromatic N) is 3. The van der Waals surface area contributed by atoms with Crippen molar-refractivity contribution >= 4 is 28.4 Å². The van der Waals surface area contributed by atoms with E-state index in [0.717, 1.165) is 47.5 Å². The van der Waals surface area contributed by atoms with Gasteiger partial charge in [-0.1, -0.05) is 30.3 Å². The average Bonchev–Trinajstić information content (AvgIpc) is 2.69. The Bertz CT molecular complexity index is 940. The summed E-state index contributed by atoms with van der Waals surface area (Å²) in [4.78, 5) is 24.1. The maximum Gasteiger partial charge on any atom is 0.229 e. The Morgan fingerprint density at radius 1 is 1.12 bits per heavy atom. The molecule has 1 aromatic heterocycles. The van der Waals surface area contributed by atoms with Crippen molar-refractivity contribution in [3.63, 3.8) is 0 Å². The van der Waals surface area contributed by atoms with Crippen molar-refractivity contribution in [3.8, 4) is 0 Å². The first-order valence-electron chi connectivity index (χ1n) is 9.04. The fourth-order valence-corrected chi connectivity index (χ4v) is 3.45. The van der Waals surface area contributed by atoms with Crippen LogP contribution in [0.15, 0.2) is 54.7 Å². The molecule has 0 aliphatic carbocycles. The quantitative estimate of drug-likeness (QED) is 0.784. The van der Waals surface area contributed by atoms with E-state index >= 15 is 0 Å². The molecule has 5 nitrogen and oxygen atoms in total. The summed E-state index contributed by atoms with van der Waals surface area (Å²) < 4.78 is 0. The van der Waals surface area contributed by atoms with Crippen molar-refractivity contribution in [2.75, 3.05) is 23.3 Å². The van der Waals surface area contributed by atoms with Crippen molar-refractivity contribution in [3.05, 3.63) is 60.3 Å². The van der Waals surface area contributed by atoms with E-state index in [4.69, 9.17) is 4.98 Å². The van der Waals surface area contributed by atoms with Crippen LogP contribution in [-0.2, 0) is 4.79 Å². The predicted octanol–water partition coefficient (Wildman–Crippen LogP) is 3.79. The molecule has 1 aliphatic rings. The number of fused-ring (bicyclic) bond motifs is 1. The molecule has 1 aliphatic heterocycles. The Kier molecular flexibility index (Phi) is 4.52. The van der Waals surface area contributed by atoms with Crippen LogP contribution in [-0.4, -0.2) is 29.0 Å². The molecule has 2 aromatic carbocycles. The number of benzene rings is 2. The summed E-state index contributed by atoms with van der Waals surface area (Å²) in [5, 5.41) is 3.08. The maximum absolute atomic E-state index is 12.7. The summed E-state index contributed by atoms with van der Waals surface area (Å²) in [6.45, 7) is 3.58. The molecule has 4 rings (SSSR count). The van der Waals surface area contributed by atoms with Gasteiger partial charge in [0, 0.05) is 18.8 Å². The highest BCUT2D eigenvalue weighted by Gasteiger charge is 2.27. The summed E-state index contributed by atoms with van der Waals surface area (Å²) in [6, 6.07) is 15.7. The third-order valence-electron chi connectivity index (χ3n) is 4.95. The molecule has 1 N–H and O–H groups in total. The summed E-state index contributed by atoms with van der Waals surface area (Å²) in [5.74, 6) is 0.881. The molecule has 1 fully saturated rings. The third kappa shape index (κ3) is 3.38. The first-order valence-corrected chi connectivity index (χ1v) is 9.04. The molecule has 1 saturated heterocycles. The number of amides is 1. The van der Waals surface area contributed by atoms with Crippen LogP contribution >= 0.6 is 0 Å². The highest BCUT2D eigenvalue weighted by molar-refractivity contribution is 5.93. The van der Waals surface area contributed by atoms with Gasteiger partial charge in [-0.2, -0.15) is 0 Å². The van der Waals surface area contributed by atoms with E-state index in [1.807, 2.05) is 61.7 Å². The molecule has 1 amide bonds. The van der Waals surface area contributed by atoms with Crippen molar-refractivity contribution in [2.24, 2.45) is 5.92 Å². The monoisotopic (exact) mass is 346 g/mol. The number of para-hydroxylation sites is 3. The number of rotatable bonds is 3. The number of aromatic nitrogens is 2. The third-order valence-corrected chi connectivity index (χ3v) is 4.95. The molecular weight excluding hydrogens is 324 g/mol. The summed E-state index contributed by atoms with van der Waals surface area (Å²) in [7, 11) is 0. The molecule has 26 heavy (non-hydrogen) atoms. The minimum Gasteiger partial charge on any atom is -0.355 e. The standard InChI is InChI=1S/C21H22N4O/c1-15-7-2-3-9-17(15)24-21(26)16-8-6-12-25(14-16)20-13-22-18-10-4-5-11-19(18)23-20/h2-5,7,9-11,13,16H,6,8,12,14H2,1H3,(H,24,26)/t16-/m1/s1. The van der Waals surface area contributed by atoms with Crippen LogP contribution in [0, 0.1) is 12.8 Å². The average molecular weight is 346 g/mol. The number of anilines is 2. The number of carbonyl (C=O) groups excluding carboxylic acids is 1. The second-order valence-electron chi connectivity index (χ2n) is 6.81. The summed E-state index contributed by atoms with van der Waals surface area (Å²) >= 11 is 0. The van der Waals surface area contributed by atoms with Crippen LogP contribution in [0.3, 0.4) is 0 Å². The lowest BCUT2D eigenvalue weighted by atomic mass is 9.97. The van der Waals surface area contributed by atoms with Crippen molar-refractivity contribution in [1.29, 1.82) is 0 Å². The zero-order valence-corrected chi connectivity index (χ0v) is 14.9. The Morgan fingerprint density at radius 2 is 1.88 bits per heavy atom. The molecular formula is C21H22N4O. The molecule has 0 radical (unpaired) electrons. The predicted molar refractivity (Wildman–Crippen MR) is 104 cm³/mol. The topological polar surface area (TPSA) is 58.1 Å². The highest BCUT2D eigenvalue weighted by atomic mass is 16.1. The van der Waals surface area contributed by atoms with E-state index in [-0.39, 0.29) is 11.8 Å². The molecule has 0 unspecified atom stereocenters. The highest BCUT2D eigenvalue weighted by Crippen LogP contribution is 2.24. The minimum absolute atomic E-state index is 0.0448. The molecule has 2 heterocycles. The fourth-order valence-electron chi connectivity index (χ4n) is 3.45. The van der Waals surface area contributed by atoms with Crippen LogP contribution in [0.2, 0.25) is 0 Å². The van der Waals surface area contributed by atoms with Crippen molar-refractivity contribution in [2.45, 2.75) is 19.8 Å². The van der Waals surface area contributed by atoms with Gasteiger partial charge < -0.3 is 10.2 Å². The summed E-state index contributed by atoms with van der Waals surface area (Å²) in [5.41, 5.74) is 3.74. The van der Waals surface area contributed by atoms with Gasteiger partial charge in [-0.05, 0) is 43.5 Å². The van der Waals surface area contributed by atoms with E-state index in [0.29, 0.717) is 6.54 Å². The Hall–Kier alpha value is -2.95. The van der Waals surface area contributed by atoms with Gasteiger partial charge in [0.15, 0.2) is 0 Å². The van der Waals surface area contributed by atoms with Gasteiger partial charge in [-0.15, -0.1) is 0 Å². The lowest BCUT2D eigenvalue weighted by Crippen LogP contribution is -2.41. The molecule has 5 heteroatoms. The Morgan fingerprint density at radius 3 is 2.73 bits per heavy atom. The van der Waals surface area contributed by atoms with Gasteiger partial charge in [0.25, 0.3) is 0 Å². The van der Waals surface area contributed by atoms with E-state index in [1.54, 1.807) is 0 Å². The van der Waals surface area contributed by atoms with Gasteiger partial charge in [-0.3, -0.25) is 9.78 Å².